The van der Waals surface area contributed by atoms with Gasteiger partial charge in [0.15, 0.2) is 0 Å². The molecule has 1 amide bonds. The van der Waals surface area contributed by atoms with Crippen LogP contribution in [0.4, 0.5) is 4.39 Å². The molecular weight excluding hydrogens is 381 g/mol. The lowest BCUT2D eigenvalue weighted by Crippen LogP contribution is -2.37. The molecule has 0 bridgehead atoms. The number of carbonyl (C=O) groups excluding carboxylic acids is 2. The van der Waals surface area contributed by atoms with Crippen molar-refractivity contribution >= 4 is 17.4 Å². The third kappa shape index (κ3) is 3.53. The molecule has 1 unspecified atom stereocenters. The van der Waals surface area contributed by atoms with Crippen molar-refractivity contribution in [3.63, 3.8) is 0 Å². The first kappa shape index (κ1) is 20.3. The number of benzene rings is 2. The van der Waals surface area contributed by atoms with E-state index in [1.165, 1.54) is 24.3 Å². The molecule has 156 valence electrons. The lowest BCUT2D eigenvalue weighted by molar-refractivity contribution is -0.141. The Bertz CT molecular complexity index is 986. The molecular formula is C25H26FNO3. The minimum atomic E-state index is -0.679. The number of nitrogens with zero attached hydrogens (tertiary/aromatic N) is 1. The first-order chi connectivity index (χ1) is 14.4. The monoisotopic (exact) mass is 407 g/mol. The van der Waals surface area contributed by atoms with Gasteiger partial charge >= 0.3 is 0 Å². The molecule has 2 aliphatic rings. The van der Waals surface area contributed by atoms with Crippen molar-refractivity contribution in [1.82, 2.24) is 4.90 Å². The third-order valence-electron chi connectivity index (χ3n) is 6.23. The Hall–Kier alpha value is -2.95. The maximum absolute atomic E-state index is 13.4. The van der Waals surface area contributed by atoms with E-state index in [1.54, 1.807) is 4.90 Å². The molecule has 2 aromatic rings. The number of likely N-dealkylation sites (tertiary alicyclic amines) is 1. The average molecular weight is 407 g/mol. The maximum atomic E-state index is 13.4. The highest BCUT2D eigenvalue weighted by molar-refractivity contribution is 6.46. The van der Waals surface area contributed by atoms with Gasteiger partial charge in [-0.2, -0.15) is 0 Å². The Kier molecular flexibility index (Phi) is 5.46. The molecule has 1 heterocycles. The molecule has 1 atom stereocenters. The van der Waals surface area contributed by atoms with Crippen molar-refractivity contribution in [2.75, 3.05) is 0 Å². The van der Waals surface area contributed by atoms with Crippen LogP contribution in [0.3, 0.4) is 0 Å². The second-order valence-corrected chi connectivity index (χ2v) is 8.47. The Balaban J connectivity index is 1.85. The minimum absolute atomic E-state index is 0.0188. The number of halogens is 1. The van der Waals surface area contributed by atoms with Crippen molar-refractivity contribution in [3.05, 3.63) is 76.6 Å². The summed E-state index contributed by atoms with van der Waals surface area (Å²) in [7, 11) is 0. The normalized spacial score (nSPS) is 21.7. The van der Waals surface area contributed by atoms with Gasteiger partial charge in [0.25, 0.3) is 11.7 Å². The highest BCUT2D eigenvalue weighted by atomic mass is 19.1. The van der Waals surface area contributed by atoms with Gasteiger partial charge in [-0.3, -0.25) is 9.59 Å². The maximum Gasteiger partial charge on any atom is 0.295 e. The van der Waals surface area contributed by atoms with Crippen LogP contribution >= 0.6 is 0 Å². The summed E-state index contributed by atoms with van der Waals surface area (Å²) in [6, 6.07) is 12.5. The van der Waals surface area contributed by atoms with Crippen LogP contribution in [-0.4, -0.2) is 27.7 Å². The van der Waals surface area contributed by atoms with E-state index in [1.807, 2.05) is 24.3 Å². The Morgan fingerprint density at radius 3 is 2.17 bits per heavy atom. The van der Waals surface area contributed by atoms with Gasteiger partial charge in [-0.05, 0) is 54.2 Å². The summed E-state index contributed by atoms with van der Waals surface area (Å²) in [4.78, 5) is 27.7. The summed E-state index contributed by atoms with van der Waals surface area (Å²) in [5.41, 5.74) is 2.37. The fourth-order valence-corrected chi connectivity index (χ4v) is 4.56. The lowest BCUT2D eigenvalue weighted by atomic mass is 9.92. The molecule has 0 spiro atoms. The fourth-order valence-electron chi connectivity index (χ4n) is 4.56. The average Bonchev–Trinajstić information content (AvgIpc) is 3.35. The Morgan fingerprint density at radius 2 is 1.60 bits per heavy atom. The van der Waals surface area contributed by atoms with E-state index in [0.717, 1.165) is 36.8 Å². The molecule has 2 aromatic carbocycles. The van der Waals surface area contributed by atoms with Gasteiger partial charge in [-0.25, -0.2) is 4.39 Å². The highest BCUT2D eigenvalue weighted by Gasteiger charge is 2.49. The van der Waals surface area contributed by atoms with Crippen molar-refractivity contribution in [3.8, 4) is 0 Å². The molecule has 4 nitrogen and oxygen atoms in total. The van der Waals surface area contributed by atoms with Gasteiger partial charge in [-0.15, -0.1) is 0 Å². The Morgan fingerprint density at radius 1 is 1.00 bits per heavy atom. The van der Waals surface area contributed by atoms with E-state index in [0.29, 0.717) is 11.5 Å². The van der Waals surface area contributed by atoms with Crippen molar-refractivity contribution in [2.45, 2.75) is 57.5 Å². The third-order valence-corrected chi connectivity index (χ3v) is 6.23. The first-order valence-corrected chi connectivity index (χ1v) is 10.5. The fraction of sp³-hybridized carbons (Fsp3) is 0.360. The van der Waals surface area contributed by atoms with Crippen LogP contribution in [0.15, 0.2) is 54.1 Å². The van der Waals surface area contributed by atoms with E-state index < -0.39 is 23.5 Å². The van der Waals surface area contributed by atoms with Crippen LogP contribution in [0.25, 0.3) is 5.76 Å². The number of carbonyl (C=O) groups is 2. The number of hydrogen-bond acceptors (Lipinski definition) is 3. The first-order valence-electron chi connectivity index (χ1n) is 10.5. The van der Waals surface area contributed by atoms with Crippen LogP contribution in [0.1, 0.15) is 68.2 Å². The zero-order valence-corrected chi connectivity index (χ0v) is 17.3. The SMILES string of the molecule is CC(C)c1ccc(C2/C(=C(/O)c3ccc(F)cc3)C(=O)C(=O)N2C2CCCC2)cc1. The predicted molar refractivity (Wildman–Crippen MR) is 113 cm³/mol. The molecule has 0 aromatic heterocycles. The predicted octanol–water partition coefficient (Wildman–Crippen LogP) is 5.31. The number of aliphatic hydroxyl groups is 1. The van der Waals surface area contributed by atoms with Gasteiger partial charge in [-0.1, -0.05) is 51.0 Å². The van der Waals surface area contributed by atoms with Crippen LogP contribution in [0.2, 0.25) is 0 Å². The number of ketones is 1. The molecule has 1 aliphatic carbocycles. The second kappa shape index (κ2) is 8.05. The summed E-state index contributed by atoms with van der Waals surface area (Å²) >= 11 is 0. The number of Topliss-reactive ketones (excluding diaryl/α,β-unsaturated/α-hetero) is 1. The summed E-state index contributed by atoms with van der Waals surface area (Å²) in [6.45, 7) is 4.21. The minimum Gasteiger partial charge on any atom is -0.507 e. The van der Waals surface area contributed by atoms with Gasteiger partial charge in [0.05, 0.1) is 11.6 Å². The van der Waals surface area contributed by atoms with Gasteiger partial charge in [0.1, 0.15) is 11.6 Å². The van der Waals surface area contributed by atoms with E-state index in [9.17, 15) is 19.1 Å². The summed E-state index contributed by atoms with van der Waals surface area (Å²) in [6.07, 6.45) is 3.74. The number of hydrogen-bond donors (Lipinski definition) is 1. The molecule has 30 heavy (non-hydrogen) atoms. The summed E-state index contributed by atoms with van der Waals surface area (Å²) < 4.78 is 13.4. The van der Waals surface area contributed by atoms with Crippen molar-refractivity contribution in [1.29, 1.82) is 0 Å². The van der Waals surface area contributed by atoms with Gasteiger partial charge < -0.3 is 10.0 Å². The number of aliphatic hydroxyl groups excluding tert-OH is 1. The van der Waals surface area contributed by atoms with Crippen LogP contribution in [0, 0.1) is 5.82 Å². The van der Waals surface area contributed by atoms with Crippen LogP contribution < -0.4 is 0 Å². The molecule has 1 N–H and O–H groups in total. The summed E-state index contributed by atoms with van der Waals surface area (Å²) in [5, 5.41) is 11.0. The topological polar surface area (TPSA) is 57.6 Å². The molecule has 4 rings (SSSR count). The second-order valence-electron chi connectivity index (χ2n) is 8.47. The lowest BCUT2D eigenvalue weighted by Gasteiger charge is -2.31. The van der Waals surface area contributed by atoms with E-state index in [-0.39, 0.29) is 17.4 Å². The number of amides is 1. The van der Waals surface area contributed by atoms with Crippen molar-refractivity contribution < 1.29 is 19.1 Å². The molecule has 1 aliphatic heterocycles. The molecule has 1 saturated carbocycles. The Labute approximate surface area is 176 Å². The van der Waals surface area contributed by atoms with Gasteiger partial charge in [0.2, 0.25) is 0 Å². The quantitative estimate of drug-likeness (QED) is 0.424. The van der Waals surface area contributed by atoms with Crippen molar-refractivity contribution in [2.24, 2.45) is 0 Å². The molecule has 5 heteroatoms. The number of rotatable bonds is 4. The van der Waals surface area contributed by atoms with E-state index >= 15 is 0 Å². The van der Waals surface area contributed by atoms with Crippen LogP contribution in [-0.2, 0) is 9.59 Å². The van der Waals surface area contributed by atoms with Gasteiger partial charge in [0, 0.05) is 11.6 Å². The molecule has 0 radical (unpaired) electrons. The zero-order chi connectivity index (χ0) is 21.4. The molecule has 2 fully saturated rings. The summed E-state index contributed by atoms with van der Waals surface area (Å²) in [5.74, 6) is -1.57. The van der Waals surface area contributed by atoms with Crippen LogP contribution in [0.5, 0.6) is 0 Å². The largest absolute Gasteiger partial charge is 0.507 e. The smallest absolute Gasteiger partial charge is 0.295 e. The van der Waals surface area contributed by atoms with E-state index in [2.05, 4.69) is 13.8 Å². The zero-order valence-electron chi connectivity index (χ0n) is 17.3. The van der Waals surface area contributed by atoms with E-state index in [4.69, 9.17) is 0 Å². The standard InChI is InChI=1S/C25H26FNO3/c1-15(2)16-7-9-17(10-8-16)22-21(23(28)18-11-13-19(26)14-12-18)24(29)25(30)27(22)20-5-3-4-6-20/h7-15,20,22,28H,3-6H2,1-2H3/b23-21-. The molecule has 1 saturated heterocycles. The highest BCUT2D eigenvalue weighted by Crippen LogP contribution is 2.43.